The molecule has 0 amide bonds. The molecule has 0 aliphatic carbocycles. The van der Waals surface area contributed by atoms with Crippen molar-refractivity contribution in [3.8, 4) is 11.5 Å². The largest absolute Gasteiger partial charge is 0.508 e. The molecule has 0 bridgehead atoms. The van der Waals surface area contributed by atoms with E-state index in [0.717, 1.165) is 49.9 Å². The summed E-state index contributed by atoms with van der Waals surface area (Å²) in [5, 5.41) is 13.3. The predicted molar refractivity (Wildman–Crippen MR) is 106 cm³/mol. The van der Waals surface area contributed by atoms with Gasteiger partial charge in [-0.25, -0.2) is 4.99 Å². The summed E-state index contributed by atoms with van der Waals surface area (Å²) in [6.07, 6.45) is 1.11. The van der Waals surface area contributed by atoms with Crippen LogP contribution in [-0.2, 0) is 11.3 Å². The normalized spacial score (nSPS) is 17.5. The number of hydrogen-bond donors (Lipinski definition) is 2. The van der Waals surface area contributed by atoms with Gasteiger partial charge < -0.3 is 24.8 Å². The lowest BCUT2D eigenvalue weighted by Crippen LogP contribution is -2.40. The van der Waals surface area contributed by atoms with Crippen molar-refractivity contribution in [2.24, 2.45) is 10.9 Å². The molecule has 1 atom stereocenters. The van der Waals surface area contributed by atoms with Crippen molar-refractivity contribution in [1.82, 2.24) is 10.2 Å². The van der Waals surface area contributed by atoms with Gasteiger partial charge in [0.15, 0.2) is 5.96 Å². The van der Waals surface area contributed by atoms with E-state index in [-0.39, 0.29) is 29.7 Å². The third kappa shape index (κ3) is 5.70. The van der Waals surface area contributed by atoms with E-state index in [9.17, 15) is 5.11 Å². The molecular formula is C17H28IN3O3. The standard InChI is InChI=1S/C17H27N3O3.HI/c1-4-18-17(20-8-7-13(11-20)12-22-2)19-10-14-9-15(23-3)5-6-16(14)21;/h5-6,9,13,21H,4,7-8,10-12H2,1-3H3,(H,18,19);1H. The quantitative estimate of drug-likeness (QED) is 0.397. The van der Waals surface area contributed by atoms with Crippen LogP contribution in [0.5, 0.6) is 11.5 Å². The van der Waals surface area contributed by atoms with E-state index in [4.69, 9.17) is 9.47 Å². The molecule has 0 spiro atoms. The fraction of sp³-hybridized carbons (Fsp3) is 0.588. The average molecular weight is 449 g/mol. The zero-order chi connectivity index (χ0) is 16.7. The average Bonchev–Trinajstić information content (AvgIpc) is 3.01. The Kier molecular flexibility index (Phi) is 9.20. The third-order valence-electron chi connectivity index (χ3n) is 4.01. The number of phenols is 1. The molecule has 1 aliphatic heterocycles. The Morgan fingerprint density at radius 2 is 2.21 bits per heavy atom. The van der Waals surface area contributed by atoms with Crippen LogP contribution in [0.3, 0.4) is 0 Å². The van der Waals surface area contributed by atoms with Crippen LogP contribution in [0.1, 0.15) is 18.9 Å². The molecule has 1 aliphatic rings. The van der Waals surface area contributed by atoms with Crippen LogP contribution < -0.4 is 10.1 Å². The van der Waals surface area contributed by atoms with Crippen LogP contribution in [-0.4, -0.2) is 56.4 Å². The van der Waals surface area contributed by atoms with E-state index in [1.807, 2.05) is 6.07 Å². The summed E-state index contributed by atoms with van der Waals surface area (Å²) in [5.74, 6) is 2.39. The van der Waals surface area contributed by atoms with Gasteiger partial charge in [-0.15, -0.1) is 24.0 Å². The Morgan fingerprint density at radius 3 is 2.88 bits per heavy atom. The molecule has 1 fully saturated rings. The molecule has 0 aromatic heterocycles. The van der Waals surface area contributed by atoms with Gasteiger partial charge in [0.05, 0.1) is 20.3 Å². The Balaban J connectivity index is 0.00000288. The van der Waals surface area contributed by atoms with Crippen molar-refractivity contribution in [3.05, 3.63) is 23.8 Å². The number of phenolic OH excluding ortho intramolecular Hbond substituents is 1. The van der Waals surface area contributed by atoms with Crippen LogP contribution in [0.4, 0.5) is 0 Å². The van der Waals surface area contributed by atoms with Crippen LogP contribution in [0.25, 0.3) is 0 Å². The Labute approximate surface area is 161 Å². The number of halogens is 1. The first-order valence-electron chi connectivity index (χ1n) is 8.06. The molecule has 0 radical (unpaired) electrons. The maximum Gasteiger partial charge on any atom is 0.194 e. The van der Waals surface area contributed by atoms with Crippen LogP contribution >= 0.6 is 24.0 Å². The molecule has 0 saturated carbocycles. The van der Waals surface area contributed by atoms with E-state index in [2.05, 4.69) is 22.1 Å². The fourth-order valence-electron chi connectivity index (χ4n) is 2.80. The number of hydrogen-bond acceptors (Lipinski definition) is 4. The molecule has 6 nitrogen and oxygen atoms in total. The molecule has 2 N–H and O–H groups in total. The SMILES string of the molecule is CCNC(=NCc1cc(OC)ccc1O)N1CCC(COC)C1.I. The van der Waals surface area contributed by atoms with Gasteiger partial charge in [0, 0.05) is 38.2 Å². The second kappa shape index (κ2) is 10.6. The number of guanidine groups is 1. The van der Waals surface area contributed by atoms with E-state index in [1.165, 1.54) is 0 Å². The molecule has 2 rings (SSSR count). The Morgan fingerprint density at radius 1 is 1.42 bits per heavy atom. The number of methoxy groups -OCH3 is 2. The molecule has 1 aromatic rings. The first-order chi connectivity index (χ1) is 11.2. The van der Waals surface area contributed by atoms with Crippen LogP contribution in [0.2, 0.25) is 0 Å². The number of nitrogens with one attached hydrogen (secondary N) is 1. The highest BCUT2D eigenvalue weighted by Crippen LogP contribution is 2.24. The van der Waals surface area contributed by atoms with Crippen molar-refractivity contribution in [3.63, 3.8) is 0 Å². The number of nitrogens with zero attached hydrogens (tertiary/aromatic N) is 2. The number of ether oxygens (including phenoxy) is 2. The third-order valence-corrected chi connectivity index (χ3v) is 4.01. The number of aliphatic imine (C=N–C) groups is 1. The second-order valence-electron chi connectivity index (χ2n) is 5.72. The molecule has 1 saturated heterocycles. The van der Waals surface area contributed by atoms with Gasteiger partial charge in [-0.2, -0.15) is 0 Å². The predicted octanol–water partition coefficient (Wildman–Crippen LogP) is 2.45. The lowest BCUT2D eigenvalue weighted by Gasteiger charge is -2.21. The minimum atomic E-state index is 0. The summed E-state index contributed by atoms with van der Waals surface area (Å²) in [7, 11) is 3.36. The number of aromatic hydroxyl groups is 1. The molecule has 1 aromatic carbocycles. The van der Waals surface area contributed by atoms with Crippen molar-refractivity contribution in [1.29, 1.82) is 0 Å². The number of rotatable bonds is 6. The highest BCUT2D eigenvalue weighted by atomic mass is 127. The van der Waals surface area contributed by atoms with Gasteiger partial charge >= 0.3 is 0 Å². The molecule has 24 heavy (non-hydrogen) atoms. The molecule has 1 heterocycles. The molecule has 7 heteroatoms. The van der Waals surface area contributed by atoms with Crippen LogP contribution in [0.15, 0.2) is 23.2 Å². The van der Waals surface area contributed by atoms with Crippen molar-refractivity contribution >= 4 is 29.9 Å². The van der Waals surface area contributed by atoms with Gasteiger partial charge in [0.1, 0.15) is 11.5 Å². The zero-order valence-corrected chi connectivity index (χ0v) is 16.9. The smallest absolute Gasteiger partial charge is 0.194 e. The lowest BCUT2D eigenvalue weighted by molar-refractivity contribution is 0.157. The highest BCUT2D eigenvalue weighted by molar-refractivity contribution is 14.0. The van der Waals surface area contributed by atoms with Gasteiger partial charge in [-0.3, -0.25) is 0 Å². The van der Waals surface area contributed by atoms with Crippen molar-refractivity contribution < 1.29 is 14.6 Å². The van der Waals surface area contributed by atoms with Gasteiger partial charge in [0.25, 0.3) is 0 Å². The fourth-order valence-corrected chi connectivity index (χ4v) is 2.80. The van der Waals surface area contributed by atoms with Gasteiger partial charge in [-0.05, 0) is 31.5 Å². The summed E-state index contributed by atoms with van der Waals surface area (Å²) < 4.78 is 10.5. The first kappa shape index (κ1) is 20.8. The maximum absolute atomic E-state index is 9.98. The molecular weight excluding hydrogens is 421 g/mol. The zero-order valence-electron chi connectivity index (χ0n) is 14.6. The maximum atomic E-state index is 9.98. The highest BCUT2D eigenvalue weighted by Gasteiger charge is 2.24. The lowest BCUT2D eigenvalue weighted by atomic mass is 10.1. The first-order valence-corrected chi connectivity index (χ1v) is 8.06. The Hall–Kier alpha value is -1.22. The number of likely N-dealkylation sites (tertiary alicyclic amines) is 1. The van der Waals surface area contributed by atoms with E-state index in [0.29, 0.717) is 12.5 Å². The van der Waals surface area contributed by atoms with E-state index in [1.54, 1.807) is 26.4 Å². The number of benzene rings is 1. The summed E-state index contributed by atoms with van der Waals surface area (Å²) in [6, 6.07) is 5.20. The van der Waals surface area contributed by atoms with Gasteiger partial charge in [0.2, 0.25) is 0 Å². The summed E-state index contributed by atoms with van der Waals surface area (Å²) in [6.45, 7) is 5.99. The monoisotopic (exact) mass is 449 g/mol. The minimum absolute atomic E-state index is 0. The van der Waals surface area contributed by atoms with E-state index >= 15 is 0 Å². The minimum Gasteiger partial charge on any atom is -0.508 e. The van der Waals surface area contributed by atoms with E-state index < -0.39 is 0 Å². The topological polar surface area (TPSA) is 66.3 Å². The summed E-state index contributed by atoms with van der Waals surface area (Å²) in [5.41, 5.74) is 0.757. The molecule has 136 valence electrons. The second-order valence-corrected chi connectivity index (χ2v) is 5.72. The van der Waals surface area contributed by atoms with Crippen LogP contribution in [0, 0.1) is 5.92 Å². The Bertz CT molecular complexity index is 540. The molecule has 1 unspecified atom stereocenters. The summed E-state index contributed by atoms with van der Waals surface area (Å²) >= 11 is 0. The van der Waals surface area contributed by atoms with Gasteiger partial charge in [-0.1, -0.05) is 0 Å². The summed E-state index contributed by atoms with van der Waals surface area (Å²) in [4.78, 5) is 6.93. The van der Waals surface area contributed by atoms with Crippen molar-refractivity contribution in [2.45, 2.75) is 19.9 Å². The van der Waals surface area contributed by atoms with Crippen molar-refractivity contribution in [2.75, 3.05) is 40.5 Å².